The number of ketones is 1. The summed E-state index contributed by atoms with van der Waals surface area (Å²) in [6.07, 6.45) is 3.64. The Morgan fingerprint density at radius 2 is 2.42 bits per heavy atom. The van der Waals surface area contributed by atoms with Gasteiger partial charge < -0.3 is 0 Å². The van der Waals surface area contributed by atoms with E-state index in [0.717, 1.165) is 11.3 Å². The van der Waals surface area contributed by atoms with Crippen LogP contribution in [-0.4, -0.2) is 27.6 Å². The van der Waals surface area contributed by atoms with Crippen molar-refractivity contribution >= 4 is 17.5 Å². The third-order valence-electron chi connectivity index (χ3n) is 1.66. The van der Waals surface area contributed by atoms with E-state index in [2.05, 4.69) is 5.10 Å². The maximum Gasteiger partial charge on any atom is 0.190 e. The molecule has 0 aliphatic carbocycles. The predicted molar refractivity (Wildman–Crippen MR) is 50.7 cm³/mol. The number of rotatable bonds is 3. The van der Waals surface area contributed by atoms with Gasteiger partial charge in [0.2, 0.25) is 0 Å². The van der Waals surface area contributed by atoms with Gasteiger partial charge in [0, 0.05) is 7.05 Å². The number of hydrogen-bond acceptors (Lipinski definition) is 3. The standard InChI is InChI=1S/C8H12N2OS/c1-6-4-9-10(2)8(6)7(11)5-12-3/h4H,5H2,1-3H3. The number of carbonyl (C=O) groups excluding carboxylic acids is 1. The molecule has 1 aromatic heterocycles. The Balaban J connectivity index is 2.93. The Bertz CT molecular complexity index is 274. The van der Waals surface area contributed by atoms with Crippen molar-refractivity contribution in [2.45, 2.75) is 6.92 Å². The molecule has 1 aromatic rings. The molecule has 0 unspecified atom stereocenters. The van der Waals surface area contributed by atoms with E-state index >= 15 is 0 Å². The van der Waals surface area contributed by atoms with Gasteiger partial charge in [0.25, 0.3) is 0 Å². The lowest BCUT2D eigenvalue weighted by molar-refractivity contribution is 0.101. The molecule has 4 heteroatoms. The molecule has 66 valence electrons. The maximum atomic E-state index is 11.5. The van der Waals surface area contributed by atoms with Crippen LogP contribution in [0.1, 0.15) is 16.1 Å². The Kier molecular flexibility index (Phi) is 2.92. The van der Waals surface area contributed by atoms with Crippen molar-refractivity contribution in [3.8, 4) is 0 Å². The van der Waals surface area contributed by atoms with Crippen molar-refractivity contribution < 1.29 is 4.79 Å². The molecular weight excluding hydrogens is 172 g/mol. The summed E-state index contributed by atoms with van der Waals surface area (Å²) in [5, 5.41) is 4.01. The topological polar surface area (TPSA) is 34.9 Å². The van der Waals surface area contributed by atoms with Crippen LogP contribution in [0.25, 0.3) is 0 Å². The highest BCUT2D eigenvalue weighted by Gasteiger charge is 2.12. The highest BCUT2D eigenvalue weighted by molar-refractivity contribution is 7.99. The van der Waals surface area contributed by atoms with E-state index in [1.54, 1.807) is 17.9 Å². The molecule has 0 aliphatic heterocycles. The van der Waals surface area contributed by atoms with Crippen molar-refractivity contribution in [1.29, 1.82) is 0 Å². The van der Waals surface area contributed by atoms with E-state index in [1.807, 2.05) is 13.2 Å². The van der Waals surface area contributed by atoms with E-state index in [0.29, 0.717) is 5.75 Å². The van der Waals surface area contributed by atoms with Crippen LogP contribution in [0.15, 0.2) is 6.20 Å². The van der Waals surface area contributed by atoms with Crippen molar-refractivity contribution in [2.75, 3.05) is 12.0 Å². The largest absolute Gasteiger partial charge is 0.292 e. The second-order valence-electron chi connectivity index (χ2n) is 2.66. The van der Waals surface area contributed by atoms with Gasteiger partial charge in [-0.05, 0) is 18.7 Å². The second-order valence-corrected chi connectivity index (χ2v) is 3.52. The van der Waals surface area contributed by atoms with E-state index in [-0.39, 0.29) is 5.78 Å². The molecule has 0 aliphatic rings. The van der Waals surface area contributed by atoms with E-state index in [9.17, 15) is 4.79 Å². The summed E-state index contributed by atoms with van der Waals surface area (Å²) in [6.45, 7) is 1.90. The average Bonchev–Trinajstić information content (AvgIpc) is 2.32. The number of carbonyl (C=O) groups is 1. The summed E-state index contributed by atoms with van der Waals surface area (Å²) >= 11 is 1.53. The lowest BCUT2D eigenvalue weighted by atomic mass is 10.2. The van der Waals surface area contributed by atoms with Crippen LogP contribution < -0.4 is 0 Å². The fourth-order valence-electron chi connectivity index (χ4n) is 1.15. The van der Waals surface area contributed by atoms with Gasteiger partial charge in [-0.15, -0.1) is 0 Å². The third kappa shape index (κ3) is 1.69. The van der Waals surface area contributed by atoms with Crippen molar-refractivity contribution in [2.24, 2.45) is 7.05 Å². The Labute approximate surface area is 76.1 Å². The normalized spacial score (nSPS) is 10.2. The first-order valence-corrected chi connectivity index (χ1v) is 5.07. The summed E-state index contributed by atoms with van der Waals surface area (Å²) in [5.74, 6) is 0.681. The lowest BCUT2D eigenvalue weighted by Crippen LogP contribution is -2.10. The number of Topliss-reactive ketones (excluding diaryl/α,β-unsaturated/α-hetero) is 1. The monoisotopic (exact) mass is 184 g/mol. The van der Waals surface area contributed by atoms with Crippen LogP contribution >= 0.6 is 11.8 Å². The molecular formula is C8H12N2OS. The Morgan fingerprint density at radius 3 is 2.83 bits per heavy atom. The number of thioether (sulfide) groups is 1. The molecule has 0 N–H and O–H groups in total. The zero-order chi connectivity index (χ0) is 9.14. The zero-order valence-electron chi connectivity index (χ0n) is 7.50. The molecule has 0 fully saturated rings. The highest BCUT2D eigenvalue weighted by atomic mass is 32.2. The highest BCUT2D eigenvalue weighted by Crippen LogP contribution is 2.08. The van der Waals surface area contributed by atoms with Gasteiger partial charge in [-0.2, -0.15) is 16.9 Å². The van der Waals surface area contributed by atoms with Crippen LogP contribution in [0.2, 0.25) is 0 Å². The summed E-state index contributed by atoms with van der Waals surface area (Å²) in [5.41, 5.74) is 1.68. The molecule has 0 spiro atoms. The van der Waals surface area contributed by atoms with Crippen LogP contribution in [0.5, 0.6) is 0 Å². The predicted octanol–water partition coefficient (Wildman–Crippen LogP) is 1.27. The van der Waals surface area contributed by atoms with Gasteiger partial charge in [-0.25, -0.2) is 0 Å². The van der Waals surface area contributed by atoms with Gasteiger partial charge in [0.1, 0.15) is 5.69 Å². The van der Waals surface area contributed by atoms with Gasteiger partial charge in [-0.1, -0.05) is 0 Å². The quantitative estimate of drug-likeness (QED) is 0.664. The smallest absolute Gasteiger partial charge is 0.190 e. The molecule has 1 rings (SSSR count). The lowest BCUT2D eigenvalue weighted by Gasteiger charge is -2.00. The maximum absolute atomic E-state index is 11.5. The fraction of sp³-hybridized carbons (Fsp3) is 0.500. The first-order chi connectivity index (χ1) is 5.66. The molecule has 0 amide bonds. The minimum absolute atomic E-state index is 0.153. The SMILES string of the molecule is CSCC(=O)c1c(C)cnn1C. The first kappa shape index (κ1) is 9.32. The Morgan fingerprint density at radius 1 is 1.75 bits per heavy atom. The molecule has 12 heavy (non-hydrogen) atoms. The van der Waals surface area contributed by atoms with Gasteiger partial charge >= 0.3 is 0 Å². The third-order valence-corrected chi connectivity index (χ3v) is 2.21. The fourth-order valence-corrected chi connectivity index (χ4v) is 1.55. The Hall–Kier alpha value is -0.770. The van der Waals surface area contributed by atoms with Crippen LogP contribution in [-0.2, 0) is 7.05 Å². The number of aryl methyl sites for hydroxylation is 2. The molecule has 1 heterocycles. The molecule has 3 nitrogen and oxygen atoms in total. The van der Waals surface area contributed by atoms with E-state index in [4.69, 9.17) is 0 Å². The summed E-state index contributed by atoms with van der Waals surface area (Å²) in [6, 6.07) is 0. The van der Waals surface area contributed by atoms with Gasteiger partial charge in [-0.3, -0.25) is 9.48 Å². The minimum Gasteiger partial charge on any atom is -0.292 e. The molecule has 0 radical (unpaired) electrons. The minimum atomic E-state index is 0.153. The molecule has 0 bridgehead atoms. The first-order valence-electron chi connectivity index (χ1n) is 3.67. The molecule has 0 saturated heterocycles. The summed E-state index contributed by atoms with van der Waals surface area (Å²) < 4.78 is 1.63. The van der Waals surface area contributed by atoms with E-state index in [1.165, 1.54) is 11.8 Å². The van der Waals surface area contributed by atoms with Crippen LogP contribution in [0, 0.1) is 6.92 Å². The van der Waals surface area contributed by atoms with Crippen LogP contribution in [0.3, 0.4) is 0 Å². The molecule has 0 saturated carbocycles. The number of aromatic nitrogens is 2. The van der Waals surface area contributed by atoms with Crippen molar-refractivity contribution in [3.05, 3.63) is 17.5 Å². The molecule has 0 atom stereocenters. The summed E-state index contributed by atoms with van der Waals surface area (Å²) in [7, 11) is 1.79. The second kappa shape index (κ2) is 3.76. The van der Waals surface area contributed by atoms with Gasteiger partial charge in [0.15, 0.2) is 5.78 Å². The van der Waals surface area contributed by atoms with E-state index < -0.39 is 0 Å². The van der Waals surface area contributed by atoms with Gasteiger partial charge in [0.05, 0.1) is 11.9 Å². The van der Waals surface area contributed by atoms with Crippen LogP contribution in [0.4, 0.5) is 0 Å². The van der Waals surface area contributed by atoms with Crippen molar-refractivity contribution in [3.63, 3.8) is 0 Å². The summed E-state index contributed by atoms with van der Waals surface area (Å²) in [4.78, 5) is 11.5. The number of hydrogen-bond donors (Lipinski definition) is 0. The number of nitrogens with zero attached hydrogens (tertiary/aromatic N) is 2. The zero-order valence-corrected chi connectivity index (χ0v) is 8.31. The molecule has 0 aromatic carbocycles. The average molecular weight is 184 g/mol. The van der Waals surface area contributed by atoms with Crippen molar-refractivity contribution in [1.82, 2.24) is 9.78 Å².